The van der Waals surface area contributed by atoms with Gasteiger partial charge in [0.1, 0.15) is 17.6 Å². The summed E-state index contributed by atoms with van der Waals surface area (Å²) in [6.07, 6.45) is -3.62. The number of nitriles is 1. The molecule has 1 amide bonds. The van der Waals surface area contributed by atoms with Crippen molar-refractivity contribution in [2.24, 2.45) is 13.0 Å². The fraction of sp³-hybridized carbons (Fsp3) is 0.294. The lowest BCUT2D eigenvalue weighted by molar-refractivity contribution is -0.163. The first-order chi connectivity index (χ1) is 12.8. The highest BCUT2D eigenvalue weighted by atomic mass is 32.2. The van der Waals surface area contributed by atoms with Crippen molar-refractivity contribution in [1.29, 1.82) is 5.26 Å². The smallest absolute Gasteiger partial charge is 0.345 e. The van der Waals surface area contributed by atoms with Gasteiger partial charge in [0.2, 0.25) is 0 Å². The standard InChI is InChI=1S/C17H15F4N3O3S/c1-10(17(19,20)21)9-28(26,27)13-6-15(24(2)8-13)16(25)23-12-3-4-14(18)11(5-12)7-22/h3-6,8,10H,9H2,1-2H3,(H,23,25)/t10-/m1/s1. The fourth-order valence-corrected chi connectivity index (χ4v) is 3.98. The number of hydrogen-bond acceptors (Lipinski definition) is 4. The first kappa shape index (κ1) is 21.4. The monoisotopic (exact) mass is 417 g/mol. The van der Waals surface area contributed by atoms with Crippen LogP contribution in [0.1, 0.15) is 23.0 Å². The van der Waals surface area contributed by atoms with Crippen LogP contribution in [-0.2, 0) is 16.9 Å². The number of nitrogens with one attached hydrogen (secondary N) is 1. The van der Waals surface area contributed by atoms with Crippen LogP contribution in [0, 0.1) is 23.1 Å². The molecule has 1 atom stereocenters. The van der Waals surface area contributed by atoms with Gasteiger partial charge < -0.3 is 9.88 Å². The minimum atomic E-state index is -4.66. The van der Waals surface area contributed by atoms with E-state index >= 15 is 0 Å². The molecule has 2 rings (SSSR count). The van der Waals surface area contributed by atoms with Gasteiger partial charge in [0.15, 0.2) is 9.84 Å². The van der Waals surface area contributed by atoms with E-state index < -0.39 is 44.3 Å². The predicted molar refractivity (Wildman–Crippen MR) is 91.8 cm³/mol. The molecule has 1 aromatic heterocycles. The molecule has 0 spiro atoms. The normalized spacial score (nSPS) is 13.0. The molecule has 2 aromatic rings. The molecule has 28 heavy (non-hydrogen) atoms. The van der Waals surface area contributed by atoms with Crippen molar-refractivity contribution in [2.45, 2.75) is 18.0 Å². The number of alkyl halides is 3. The Hall–Kier alpha value is -2.87. The largest absolute Gasteiger partial charge is 0.392 e. The topological polar surface area (TPSA) is 92.0 Å². The van der Waals surface area contributed by atoms with Gasteiger partial charge in [-0.15, -0.1) is 0 Å². The van der Waals surface area contributed by atoms with Gasteiger partial charge in [0.05, 0.1) is 22.1 Å². The maximum atomic E-state index is 13.3. The van der Waals surface area contributed by atoms with E-state index in [1.807, 2.05) is 0 Å². The molecular formula is C17H15F4N3O3S. The van der Waals surface area contributed by atoms with Gasteiger partial charge in [-0.05, 0) is 24.3 Å². The lowest BCUT2D eigenvalue weighted by Gasteiger charge is -2.14. The number of sulfone groups is 1. The van der Waals surface area contributed by atoms with E-state index in [-0.39, 0.29) is 16.9 Å². The van der Waals surface area contributed by atoms with Crippen LogP contribution in [-0.4, -0.2) is 30.8 Å². The Morgan fingerprint density at radius 1 is 1.32 bits per heavy atom. The lowest BCUT2D eigenvalue weighted by Crippen LogP contribution is -2.27. The molecule has 1 heterocycles. The Morgan fingerprint density at radius 2 is 1.96 bits per heavy atom. The third-order valence-electron chi connectivity index (χ3n) is 3.94. The number of carbonyl (C=O) groups excluding carboxylic acids is 1. The molecule has 0 saturated carbocycles. The van der Waals surface area contributed by atoms with Gasteiger partial charge >= 0.3 is 6.18 Å². The van der Waals surface area contributed by atoms with Crippen LogP contribution in [0.15, 0.2) is 35.4 Å². The summed E-state index contributed by atoms with van der Waals surface area (Å²) < 4.78 is 76.9. The van der Waals surface area contributed by atoms with Crippen molar-refractivity contribution >= 4 is 21.4 Å². The summed E-state index contributed by atoms with van der Waals surface area (Å²) >= 11 is 0. The second kappa shape index (κ2) is 7.63. The van der Waals surface area contributed by atoms with Crippen molar-refractivity contribution in [3.05, 3.63) is 47.5 Å². The summed E-state index contributed by atoms with van der Waals surface area (Å²) in [6.45, 7) is 0.759. The van der Waals surface area contributed by atoms with E-state index in [1.165, 1.54) is 13.1 Å². The average Bonchev–Trinajstić information content (AvgIpc) is 2.98. The number of benzene rings is 1. The molecule has 6 nitrogen and oxygen atoms in total. The van der Waals surface area contributed by atoms with Crippen molar-refractivity contribution in [1.82, 2.24) is 4.57 Å². The predicted octanol–water partition coefficient (Wildman–Crippen LogP) is 3.26. The van der Waals surface area contributed by atoms with Crippen LogP contribution >= 0.6 is 0 Å². The first-order valence-electron chi connectivity index (χ1n) is 7.82. The Balaban J connectivity index is 2.26. The van der Waals surface area contributed by atoms with Crippen molar-refractivity contribution in [3.63, 3.8) is 0 Å². The average molecular weight is 417 g/mol. The number of aromatic nitrogens is 1. The number of anilines is 1. The summed E-state index contributed by atoms with van der Waals surface area (Å²) in [5.74, 6) is -4.76. The Labute approximate surface area is 158 Å². The number of halogens is 4. The number of carbonyl (C=O) groups is 1. The van der Waals surface area contributed by atoms with E-state index in [0.717, 1.165) is 35.9 Å². The molecule has 150 valence electrons. The second-order valence-corrected chi connectivity index (χ2v) is 8.19. The molecule has 0 aliphatic rings. The molecule has 0 saturated heterocycles. The van der Waals surface area contributed by atoms with E-state index in [1.54, 1.807) is 6.07 Å². The number of hydrogen-bond donors (Lipinski definition) is 1. The quantitative estimate of drug-likeness (QED) is 0.756. The number of amides is 1. The molecule has 0 radical (unpaired) electrons. The van der Waals surface area contributed by atoms with Crippen LogP contribution in [0.25, 0.3) is 0 Å². The Bertz CT molecular complexity index is 1050. The maximum absolute atomic E-state index is 13.3. The molecule has 0 bridgehead atoms. The summed E-state index contributed by atoms with van der Waals surface area (Å²) in [4.78, 5) is 11.9. The van der Waals surface area contributed by atoms with Gasteiger partial charge in [0.25, 0.3) is 5.91 Å². The summed E-state index contributed by atoms with van der Waals surface area (Å²) in [5.41, 5.74) is -0.339. The minimum absolute atomic E-state index is 0.0965. The Kier molecular flexibility index (Phi) is 5.84. The number of aryl methyl sites for hydroxylation is 1. The van der Waals surface area contributed by atoms with Crippen molar-refractivity contribution < 1.29 is 30.8 Å². The summed E-state index contributed by atoms with van der Waals surface area (Å²) in [6, 6.07) is 5.86. The van der Waals surface area contributed by atoms with Gasteiger partial charge in [-0.3, -0.25) is 4.79 Å². The molecule has 1 N–H and O–H groups in total. The van der Waals surface area contributed by atoms with Gasteiger partial charge in [-0.1, -0.05) is 6.92 Å². The van der Waals surface area contributed by atoms with Crippen molar-refractivity contribution in [2.75, 3.05) is 11.1 Å². The highest BCUT2D eigenvalue weighted by Gasteiger charge is 2.39. The second-order valence-electron chi connectivity index (χ2n) is 6.16. The van der Waals surface area contributed by atoms with E-state index in [9.17, 15) is 30.8 Å². The molecule has 0 fully saturated rings. The van der Waals surface area contributed by atoms with Crippen LogP contribution in [0.3, 0.4) is 0 Å². The number of nitrogens with zero attached hydrogens (tertiary/aromatic N) is 2. The van der Waals surface area contributed by atoms with Gasteiger partial charge in [0, 0.05) is 18.9 Å². The maximum Gasteiger partial charge on any atom is 0.392 e. The molecule has 11 heteroatoms. The Morgan fingerprint density at radius 3 is 2.54 bits per heavy atom. The van der Waals surface area contributed by atoms with E-state index in [2.05, 4.69) is 5.32 Å². The summed E-state index contributed by atoms with van der Waals surface area (Å²) in [7, 11) is -2.93. The van der Waals surface area contributed by atoms with Crippen LogP contribution in [0.4, 0.5) is 23.2 Å². The third-order valence-corrected chi connectivity index (χ3v) is 5.82. The van der Waals surface area contributed by atoms with Crippen LogP contribution in [0.5, 0.6) is 0 Å². The van der Waals surface area contributed by atoms with Crippen molar-refractivity contribution in [3.8, 4) is 6.07 Å². The van der Waals surface area contributed by atoms with E-state index in [4.69, 9.17) is 5.26 Å². The van der Waals surface area contributed by atoms with Crippen LogP contribution < -0.4 is 5.32 Å². The SMILES string of the molecule is C[C@H](CS(=O)(=O)c1cc(C(=O)Nc2ccc(F)c(C#N)c2)n(C)c1)C(F)(F)F. The van der Waals surface area contributed by atoms with E-state index in [0.29, 0.717) is 0 Å². The molecule has 0 aliphatic heterocycles. The fourth-order valence-electron chi connectivity index (χ4n) is 2.33. The zero-order valence-electron chi connectivity index (χ0n) is 14.7. The molecule has 1 aromatic carbocycles. The highest BCUT2D eigenvalue weighted by molar-refractivity contribution is 7.91. The zero-order valence-corrected chi connectivity index (χ0v) is 15.5. The first-order valence-corrected chi connectivity index (χ1v) is 9.47. The molecular weight excluding hydrogens is 402 g/mol. The van der Waals surface area contributed by atoms with Gasteiger partial charge in [-0.2, -0.15) is 18.4 Å². The van der Waals surface area contributed by atoms with Crippen LogP contribution in [0.2, 0.25) is 0 Å². The molecule has 0 unspecified atom stereocenters. The van der Waals surface area contributed by atoms with Gasteiger partial charge in [-0.25, -0.2) is 12.8 Å². The molecule has 0 aliphatic carbocycles. The summed E-state index contributed by atoms with van der Waals surface area (Å²) in [5, 5.41) is 11.2. The highest BCUT2D eigenvalue weighted by Crippen LogP contribution is 2.29. The number of rotatable bonds is 5. The third kappa shape index (κ3) is 4.69. The zero-order chi connectivity index (χ0) is 21.3. The lowest BCUT2D eigenvalue weighted by atomic mass is 10.2. The minimum Gasteiger partial charge on any atom is -0.345 e.